The van der Waals surface area contributed by atoms with Crippen LogP contribution in [0, 0.1) is 15.9 Å². The molecule has 21 heavy (non-hydrogen) atoms. The van der Waals surface area contributed by atoms with Crippen LogP contribution in [-0.2, 0) is 9.59 Å². The van der Waals surface area contributed by atoms with Gasteiger partial charge in [0.1, 0.15) is 0 Å². The zero-order valence-electron chi connectivity index (χ0n) is 11.8. The summed E-state index contributed by atoms with van der Waals surface area (Å²) in [5, 5.41) is 11.8. The number of carbonyl (C=O) groups excluding carboxylic acids is 1. The highest BCUT2D eigenvalue weighted by Gasteiger charge is 2.44. The smallest absolute Gasteiger partial charge is 0.303 e. The summed E-state index contributed by atoms with van der Waals surface area (Å²) in [4.78, 5) is 22.7. The third-order valence-corrected chi connectivity index (χ3v) is 5.54. The van der Waals surface area contributed by atoms with Crippen LogP contribution in [0.4, 0.5) is 5.69 Å². The zero-order valence-corrected chi connectivity index (χ0v) is 14.8. The van der Waals surface area contributed by atoms with Crippen LogP contribution in [0.2, 0.25) is 0 Å². The van der Waals surface area contributed by atoms with E-state index in [9.17, 15) is 9.59 Å². The first-order chi connectivity index (χ1) is 9.90. The van der Waals surface area contributed by atoms with E-state index in [0.29, 0.717) is 5.75 Å². The number of amides is 1. The zero-order chi connectivity index (χ0) is 15.5. The highest BCUT2D eigenvalue weighted by molar-refractivity contribution is 14.1. The van der Waals surface area contributed by atoms with Crippen LogP contribution in [0.1, 0.15) is 24.8 Å². The molecule has 0 unspecified atom stereocenters. The van der Waals surface area contributed by atoms with E-state index in [-0.39, 0.29) is 17.7 Å². The lowest BCUT2D eigenvalue weighted by Gasteiger charge is -2.12. The lowest BCUT2D eigenvalue weighted by molar-refractivity contribution is -0.138. The van der Waals surface area contributed by atoms with Gasteiger partial charge in [0, 0.05) is 9.26 Å². The van der Waals surface area contributed by atoms with E-state index < -0.39 is 5.97 Å². The Hall–Kier alpha value is -0.760. The predicted molar refractivity (Wildman–Crippen MR) is 93.8 cm³/mol. The van der Waals surface area contributed by atoms with E-state index in [0.717, 1.165) is 33.4 Å². The standard InChI is InChI=1S/C15H18INO3S/c1-10-6-11(16)2-3-12(10)17-13(18)8-21-9-15(4-5-15)7-14(19)20/h2-3,6H,4-5,7-9H2,1H3,(H,17,18)(H,19,20). The molecule has 0 atom stereocenters. The van der Waals surface area contributed by atoms with Gasteiger partial charge in [0.15, 0.2) is 0 Å². The normalized spacial score (nSPS) is 15.5. The van der Waals surface area contributed by atoms with Crippen molar-refractivity contribution in [2.45, 2.75) is 26.2 Å². The molecule has 2 N–H and O–H groups in total. The van der Waals surface area contributed by atoms with Gasteiger partial charge in [-0.1, -0.05) is 0 Å². The van der Waals surface area contributed by atoms with E-state index in [4.69, 9.17) is 5.11 Å². The van der Waals surface area contributed by atoms with Crippen LogP contribution in [0.3, 0.4) is 0 Å². The molecule has 1 aliphatic rings. The number of aryl methyl sites for hydroxylation is 1. The van der Waals surface area contributed by atoms with E-state index in [1.807, 2.05) is 25.1 Å². The maximum Gasteiger partial charge on any atom is 0.303 e. The average molecular weight is 419 g/mol. The van der Waals surface area contributed by atoms with Gasteiger partial charge in [-0.25, -0.2) is 0 Å². The molecule has 0 heterocycles. The fourth-order valence-corrected chi connectivity index (χ4v) is 4.01. The van der Waals surface area contributed by atoms with Crippen molar-refractivity contribution >= 4 is 51.9 Å². The molecule has 1 saturated carbocycles. The maximum atomic E-state index is 11.9. The topological polar surface area (TPSA) is 66.4 Å². The molecule has 1 aliphatic carbocycles. The number of thioether (sulfide) groups is 1. The molecule has 114 valence electrons. The number of carboxylic acids is 1. The number of aliphatic carboxylic acids is 1. The Morgan fingerprint density at radius 1 is 1.43 bits per heavy atom. The van der Waals surface area contributed by atoms with E-state index in [2.05, 4.69) is 27.9 Å². The van der Waals surface area contributed by atoms with Crippen LogP contribution in [0.25, 0.3) is 0 Å². The number of hydrogen-bond acceptors (Lipinski definition) is 3. The number of hydrogen-bond donors (Lipinski definition) is 2. The maximum absolute atomic E-state index is 11.9. The molecule has 0 aliphatic heterocycles. The van der Waals surface area contributed by atoms with Gasteiger partial charge in [-0.05, 0) is 77.3 Å². The SMILES string of the molecule is Cc1cc(I)ccc1NC(=O)CSCC1(CC(=O)O)CC1. The largest absolute Gasteiger partial charge is 0.481 e. The lowest BCUT2D eigenvalue weighted by atomic mass is 10.1. The van der Waals surface area contributed by atoms with Crippen molar-refractivity contribution in [1.82, 2.24) is 0 Å². The van der Waals surface area contributed by atoms with Gasteiger partial charge >= 0.3 is 5.97 Å². The fraction of sp³-hybridized carbons (Fsp3) is 0.467. The quantitative estimate of drug-likeness (QED) is 0.664. The summed E-state index contributed by atoms with van der Waals surface area (Å²) in [6, 6.07) is 5.89. The third-order valence-electron chi connectivity index (χ3n) is 3.59. The molecule has 2 rings (SSSR count). The summed E-state index contributed by atoms with van der Waals surface area (Å²) < 4.78 is 1.14. The minimum atomic E-state index is -0.743. The summed E-state index contributed by atoms with van der Waals surface area (Å²) >= 11 is 3.76. The van der Waals surface area contributed by atoms with Gasteiger partial charge in [0.05, 0.1) is 12.2 Å². The number of carboxylic acid groups (broad SMARTS) is 1. The van der Waals surface area contributed by atoms with Crippen LogP contribution < -0.4 is 5.32 Å². The van der Waals surface area contributed by atoms with Gasteiger partial charge in [0.2, 0.25) is 5.91 Å². The van der Waals surface area contributed by atoms with E-state index in [1.165, 1.54) is 11.8 Å². The number of rotatable bonds is 7. The fourth-order valence-electron chi connectivity index (χ4n) is 2.18. The van der Waals surface area contributed by atoms with Gasteiger partial charge in [-0.3, -0.25) is 9.59 Å². The molecule has 4 nitrogen and oxygen atoms in total. The highest BCUT2D eigenvalue weighted by Crippen LogP contribution is 2.50. The molecular formula is C15H18INO3S. The predicted octanol–water partition coefficient (Wildman–Crippen LogP) is 3.53. The number of nitrogens with one attached hydrogen (secondary N) is 1. The van der Waals surface area contributed by atoms with Crippen LogP contribution in [0.15, 0.2) is 18.2 Å². The monoisotopic (exact) mass is 419 g/mol. The summed E-state index contributed by atoms with van der Waals surface area (Å²) in [6.45, 7) is 1.97. The molecule has 0 bridgehead atoms. The van der Waals surface area contributed by atoms with Gasteiger partial charge in [-0.2, -0.15) is 11.8 Å². The second-order valence-corrected chi connectivity index (χ2v) is 7.80. The second kappa shape index (κ2) is 7.00. The Morgan fingerprint density at radius 2 is 2.14 bits per heavy atom. The minimum absolute atomic E-state index is 0.0320. The molecule has 0 aromatic heterocycles. The molecule has 1 amide bonds. The summed E-state index contributed by atoms with van der Waals surface area (Å²) in [5.74, 6) is 0.341. The number of benzene rings is 1. The summed E-state index contributed by atoms with van der Waals surface area (Å²) in [6.07, 6.45) is 2.14. The molecule has 1 fully saturated rings. The molecule has 1 aromatic rings. The molecule has 6 heteroatoms. The Morgan fingerprint density at radius 3 is 2.71 bits per heavy atom. The molecule has 0 spiro atoms. The van der Waals surface area contributed by atoms with Crippen molar-refractivity contribution in [3.63, 3.8) is 0 Å². The first kappa shape index (κ1) is 16.6. The Balaban J connectivity index is 1.76. The van der Waals surface area contributed by atoms with Crippen LogP contribution in [0.5, 0.6) is 0 Å². The van der Waals surface area contributed by atoms with Crippen molar-refractivity contribution in [1.29, 1.82) is 0 Å². The van der Waals surface area contributed by atoms with Crippen molar-refractivity contribution < 1.29 is 14.7 Å². The molecule has 0 saturated heterocycles. The third kappa shape index (κ3) is 5.18. The number of carbonyl (C=O) groups is 2. The number of halogens is 1. The Bertz CT molecular complexity index is 558. The number of anilines is 1. The molecular weight excluding hydrogens is 401 g/mol. The first-order valence-electron chi connectivity index (χ1n) is 6.76. The van der Waals surface area contributed by atoms with Crippen LogP contribution >= 0.6 is 34.4 Å². The van der Waals surface area contributed by atoms with Gasteiger partial charge in [-0.15, -0.1) is 0 Å². The summed E-state index contributed by atoms with van der Waals surface area (Å²) in [7, 11) is 0. The van der Waals surface area contributed by atoms with E-state index in [1.54, 1.807) is 0 Å². The molecule has 0 radical (unpaired) electrons. The summed E-state index contributed by atoms with van der Waals surface area (Å²) in [5.41, 5.74) is 1.83. The second-order valence-electron chi connectivity index (χ2n) is 5.57. The first-order valence-corrected chi connectivity index (χ1v) is 8.99. The van der Waals surface area contributed by atoms with E-state index >= 15 is 0 Å². The lowest BCUT2D eigenvalue weighted by Crippen LogP contribution is -2.17. The van der Waals surface area contributed by atoms with Crippen molar-refractivity contribution in [2.75, 3.05) is 16.8 Å². The van der Waals surface area contributed by atoms with Gasteiger partial charge in [0.25, 0.3) is 0 Å². The highest BCUT2D eigenvalue weighted by atomic mass is 127. The Kier molecular flexibility index (Phi) is 5.54. The minimum Gasteiger partial charge on any atom is -0.481 e. The van der Waals surface area contributed by atoms with Crippen molar-refractivity contribution in [3.05, 3.63) is 27.3 Å². The van der Waals surface area contributed by atoms with Crippen molar-refractivity contribution in [3.8, 4) is 0 Å². The Labute approximate surface area is 142 Å². The average Bonchev–Trinajstić information content (AvgIpc) is 3.11. The molecule has 1 aromatic carbocycles. The van der Waals surface area contributed by atoms with Gasteiger partial charge < -0.3 is 10.4 Å². The van der Waals surface area contributed by atoms with Crippen molar-refractivity contribution in [2.24, 2.45) is 5.41 Å². The van der Waals surface area contributed by atoms with Crippen LogP contribution in [-0.4, -0.2) is 28.5 Å².